The Labute approximate surface area is 140 Å². The number of hydrogen-bond donors (Lipinski definition) is 2. The zero-order valence-electron chi connectivity index (χ0n) is 14.3. The first-order valence-corrected chi connectivity index (χ1v) is 8.66. The molecule has 122 valence electrons. The minimum absolute atomic E-state index is 0.134. The van der Waals surface area contributed by atoms with Gasteiger partial charge in [0.25, 0.3) is 0 Å². The molecule has 1 aliphatic rings. The van der Waals surface area contributed by atoms with Crippen molar-refractivity contribution in [1.82, 2.24) is 10.2 Å². The molecule has 1 heterocycles. The summed E-state index contributed by atoms with van der Waals surface area (Å²) in [5, 5.41) is 7.39. The number of aryl methyl sites for hydroxylation is 2. The predicted molar refractivity (Wildman–Crippen MR) is 99.6 cm³/mol. The molecule has 1 aromatic rings. The molecule has 4 heteroatoms. The first-order chi connectivity index (χ1) is 10.4. The lowest BCUT2D eigenvalue weighted by Gasteiger charge is -2.41. The fourth-order valence-electron chi connectivity index (χ4n) is 3.13. The van der Waals surface area contributed by atoms with Crippen LogP contribution in [0.5, 0.6) is 0 Å². The summed E-state index contributed by atoms with van der Waals surface area (Å²) in [6.07, 6.45) is 4.00. The van der Waals surface area contributed by atoms with Gasteiger partial charge in [-0.25, -0.2) is 0 Å². The largest absolute Gasteiger partial charge is 0.361 e. The highest BCUT2D eigenvalue weighted by Gasteiger charge is 2.27. The van der Waals surface area contributed by atoms with E-state index in [0.29, 0.717) is 5.11 Å². The molecular formula is C18H29N3S. The van der Waals surface area contributed by atoms with E-state index in [4.69, 9.17) is 12.2 Å². The second-order valence-electron chi connectivity index (χ2n) is 7.04. The van der Waals surface area contributed by atoms with Gasteiger partial charge in [0.1, 0.15) is 0 Å². The molecule has 3 nitrogen and oxygen atoms in total. The van der Waals surface area contributed by atoms with Gasteiger partial charge in [-0.2, -0.15) is 0 Å². The highest BCUT2D eigenvalue weighted by molar-refractivity contribution is 7.80. The van der Waals surface area contributed by atoms with Crippen LogP contribution in [0.3, 0.4) is 0 Å². The van der Waals surface area contributed by atoms with Crippen molar-refractivity contribution >= 4 is 23.0 Å². The van der Waals surface area contributed by atoms with Crippen LogP contribution in [0.1, 0.15) is 44.2 Å². The Hall–Kier alpha value is -1.13. The summed E-state index contributed by atoms with van der Waals surface area (Å²) in [6.45, 7) is 12.1. The van der Waals surface area contributed by atoms with Crippen molar-refractivity contribution in [2.24, 2.45) is 0 Å². The summed E-state index contributed by atoms with van der Waals surface area (Å²) in [7, 11) is 0. The second kappa shape index (κ2) is 7.42. The molecule has 1 aromatic carbocycles. The van der Waals surface area contributed by atoms with Crippen LogP contribution < -0.4 is 10.6 Å². The lowest BCUT2D eigenvalue weighted by molar-refractivity contribution is 0.0986. The molecule has 0 aliphatic carbocycles. The highest BCUT2D eigenvalue weighted by atomic mass is 32.1. The van der Waals surface area contributed by atoms with Gasteiger partial charge in [-0.05, 0) is 89.1 Å². The topological polar surface area (TPSA) is 27.3 Å². The normalized spacial score (nSPS) is 16.4. The Morgan fingerprint density at radius 2 is 1.68 bits per heavy atom. The van der Waals surface area contributed by atoms with E-state index >= 15 is 0 Å². The van der Waals surface area contributed by atoms with Crippen molar-refractivity contribution in [2.75, 3.05) is 25.0 Å². The molecule has 0 saturated carbocycles. The van der Waals surface area contributed by atoms with Crippen LogP contribution in [0.2, 0.25) is 0 Å². The molecule has 2 rings (SSSR count). The van der Waals surface area contributed by atoms with E-state index in [9.17, 15) is 0 Å². The van der Waals surface area contributed by atoms with E-state index in [1.807, 2.05) is 0 Å². The SMILES string of the molecule is Cc1cc(C)cc(NC(=S)NCC(C)(C)N2CCCCC2)c1. The Balaban J connectivity index is 1.86. The van der Waals surface area contributed by atoms with Crippen LogP contribution in [-0.2, 0) is 0 Å². The highest BCUT2D eigenvalue weighted by Crippen LogP contribution is 2.20. The van der Waals surface area contributed by atoms with E-state index in [2.05, 4.69) is 61.4 Å². The molecule has 0 aromatic heterocycles. The van der Waals surface area contributed by atoms with Crippen LogP contribution in [0, 0.1) is 13.8 Å². The number of rotatable bonds is 4. The molecule has 1 saturated heterocycles. The number of nitrogens with one attached hydrogen (secondary N) is 2. The van der Waals surface area contributed by atoms with Gasteiger partial charge in [0.15, 0.2) is 5.11 Å². The van der Waals surface area contributed by atoms with Crippen molar-refractivity contribution < 1.29 is 0 Å². The van der Waals surface area contributed by atoms with Crippen LogP contribution in [-0.4, -0.2) is 35.2 Å². The maximum atomic E-state index is 5.45. The summed E-state index contributed by atoms with van der Waals surface area (Å²) < 4.78 is 0. The van der Waals surface area contributed by atoms with Gasteiger partial charge in [0.05, 0.1) is 0 Å². The Kier molecular flexibility index (Phi) is 5.81. The summed E-state index contributed by atoms with van der Waals surface area (Å²) in [5.41, 5.74) is 3.69. The molecule has 0 radical (unpaired) electrons. The number of hydrogen-bond acceptors (Lipinski definition) is 2. The van der Waals surface area contributed by atoms with Gasteiger partial charge in [-0.1, -0.05) is 12.5 Å². The number of benzene rings is 1. The van der Waals surface area contributed by atoms with E-state index in [1.54, 1.807) is 0 Å². The molecule has 0 atom stereocenters. The second-order valence-corrected chi connectivity index (χ2v) is 7.45. The van der Waals surface area contributed by atoms with Crippen molar-refractivity contribution in [3.8, 4) is 0 Å². The number of nitrogens with zero attached hydrogens (tertiary/aromatic N) is 1. The first-order valence-electron chi connectivity index (χ1n) is 8.25. The zero-order chi connectivity index (χ0) is 16.2. The molecule has 0 amide bonds. The summed E-state index contributed by atoms with van der Waals surface area (Å²) in [4.78, 5) is 2.57. The standard InChI is InChI=1S/C18H29N3S/c1-14-10-15(2)12-16(11-14)20-17(22)19-13-18(3,4)21-8-6-5-7-9-21/h10-12H,5-9,13H2,1-4H3,(H2,19,20,22). The Morgan fingerprint density at radius 3 is 2.27 bits per heavy atom. The van der Waals surface area contributed by atoms with Crippen LogP contribution >= 0.6 is 12.2 Å². The fourth-order valence-corrected chi connectivity index (χ4v) is 3.32. The predicted octanol–water partition coefficient (Wildman–Crippen LogP) is 3.85. The molecule has 1 aliphatic heterocycles. The lowest BCUT2D eigenvalue weighted by atomic mass is 9.98. The molecule has 1 fully saturated rings. The van der Waals surface area contributed by atoms with Gasteiger partial charge in [0, 0.05) is 17.8 Å². The summed E-state index contributed by atoms with van der Waals surface area (Å²) >= 11 is 5.45. The van der Waals surface area contributed by atoms with E-state index in [1.165, 1.54) is 43.5 Å². The number of piperidine rings is 1. The number of anilines is 1. The van der Waals surface area contributed by atoms with Crippen LogP contribution in [0.25, 0.3) is 0 Å². The first kappa shape index (κ1) is 17.2. The van der Waals surface area contributed by atoms with Crippen molar-refractivity contribution in [2.45, 2.75) is 52.5 Å². The smallest absolute Gasteiger partial charge is 0.170 e. The third-order valence-electron chi connectivity index (χ3n) is 4.37. The van der Waals surface area contributed by atoms with Gasteiger partial charge in [0.2, 0.25) is 0 Å². The Morgan fingerprint density at radius 1 is 1.09 bits per heavy atom. The van der Waals surface area contributed by atoms with Crippen molar-refractivity contribution in [1.29, 1.82) is 0 Å². The average molecular weight is 320 g/mol. The molecule has 0 unspecified atom stereocenters. The van der Waals surface area contributed by atoms with Crippen molar-refractivity contribution in [3.63, 3.8) is 0 Å². The lowest BCUT2D eigenvalue weighted by Crippen LogP contribution is -2.53. The van der Waals surface area contributed by atoms with E-state index in [-0.39, 0.29) is 5.54 Å². The van der Waals surface area contributed by atoms with Gasteiger partial charge < -0.3 is 10.6 Å². The maximum Gasteiger partial charge on any atom is 0.170 e. The Bertz CT molecular complexity index is 499. The molecule has 0 bridgehead atoms. The summed E-state index contributed by atoms with van der Waals surface area (Å²) in [6, 6.07) is 6.41. The third-order valence-corrected chi connectivity index (χ3v) is 4.62. The number of thiocarbonyl (C=S) groups is 1. The number of likely N-dealkylation sites (tertiary alicyclic amines) is 1. The minimum atomic E-state index is 0.134. The van der Waals surface area contributed by atoms with E-state index in [0.717, 1.165) is 12.2 Å². The van der Waals surface area contributed by atoms with Crippen molar-refractivity contribution in [3.05, 3.63) is 29.3 Å². The fraction of sp³-hybridized carbons (Fsp3) is 0.611. The molecular weight excluding hydrogens is 290 g/mol. The zero-order valence-corrected chi connectivity index (χ0v) is 15.1. The van der Waals surface area contributed by atoms with E-state index < -0.39 is 0 Å². The van der Waals surface area contributed by atoms with Crippen LogP contribution in [0.4, 0.5) is 5.69 Å². The maximum absolute atomic E-state index is 5.45. The van der Waals surface area contributed by atoms with Gasteiger partial charge in [-0.15, -0.1) is 0 Å². The van der Waals surface area contributed by atoms with Gasteiger partial charge >= 0.3 is 0 Å². The summed E-state index contributed by atoms with van der Waals surface area (Å²) in [5.74, 6) is 0. The monoisotopic (exact) mass is 319 g/mol. The minimum Gasteiger partial charge on any atom is -0.361 e. The quantitative estimate of drug-likeness (QED) is 0.824. The molecule has 2 N–H and O–H groups in total. The molecule has 22 heavy (non-hydrogen) atoms. The van der Waals surface area contributed by atoms with Crippen LogP contribution in [0.15, 0.2) is 18.2 Å². The molecule has 0 spiro atoms. The third kappa shape index (κ3) is 4.96. The van der Waals surface area contributed by atoms with Gasteiger partial charge in [-0.3, -0.25) is 4.90 Å². The average Bonchev–Trinajstić information content (AvgIpc) is 2.45.